The summed E-state index contributed by atoms with van der Waals surface area (Å²) >= 11 is 0. The van der Waals surface area contributed by atoms with Gasteiger partial charge in [0.15, 0.2) is 0 Å². The molecule has 0 aromatic heterocycles. The molecule has 2 fully saturated rings. The van der Waals surface area contributed by atoms with Crippen LogP contribution in [0.4, 0.5) is 10.1 Å². The van der Waals surface area contributed by atoms with Gasteiger partial charge < -0.3 is 11.1 Å². The Balaban J connectivity index is 1.61. The quantitative estimate of drug-likeness (QED) is 0.810. The van der Waals surface area contributed by atoms with Crippen LogP contribution in [0, 0.1) is 5.82 Å². The summed E-state index contributed by atoms with van der Waals surface area (Å²) in [4.78, 5) is 14.4. The summed E-state index contributed by atoms with van der Waals surface area (Å²) in [6.07, 6.45) is 3.49. The Morgan fingerprint density at radius 1 is 1.37 bits per heavy atom. The third-order valence-corrected chi connectivity index (χ3v) is 3.86. The Bertz CT molecular complexity index is 501. The Hall–Kier alpha value is -1.62. The van der Waals surface area contributed by atoms with E-state index < -0.39 is 5.82 Å². The zero-order valence-corrected chi connectivity index (χ0v) is 10.7. The Morgan fingerprint density at radius 3 is 2.84 bits per heavy atom. The summed E-state index contributed by atoms with van der Waals surface area (Å²) in [5.41, 5.74) is 5.87. The molecule has 3 N–H and O–H groups in total. The number of nitrogens with zero attached hydrogens (tertiary/aromatic N) is 1. The van der Waals surface area contributed by atoms with Crippen LogP contribution in [-0.2, 0) is 0 Å². The number of nitrogen functional groups attached to an aromatic ring is 1. The highest BCUT2D eigenvalue weighted by molar-refractivity contribution is 5.95. The van der Waals surface area contributed by atoms with Crippen LogP contribution in [0.3, 0.4) is 0 Å². The fourth-order valence-corrected chi connectivity index (χ4v) is 2.66. The number of rotatable bonds is 3. The molecule has 1 aromatic carbocycles. The van der Waals surface area contributed by atoms with Gasteiger partial charge in [-0.25, -0.2) is 4.39 Å². The van der Waals surface area contributed by atoms with Gasteiger partial charge in [-0.15, -0.1) is 0 Å². The normalized spacial score (nSPS) is 23.5. The van der Waals surface area contributed by atoms with Crippen LogP contribution >= 0.6 is 0 Å². The van der Waals surface area contributed by atoms with Gasteiger partial charge in [-0.05, 0) is 37.5 Å². The SMILES string of the molecule is Nc1ccc(C(=O)NC2CCN(C3CC3)C2)c(F)c1. The average molecular weight is 263 g/mol. The second-order valence-electron chi connectivity index (χ2n) is 5.42. The number of carbonyl (C=O) groups is 1. The first-order valence-electron chi connectivity index (χ1n) is 6.73. The van der Waals surface area contributed by atoms with Gasteiger partial charge in [-0.3, -0.25) is 9.69 Å². The molecule has 1 aliphatic heterocycles. The maximum atomic E-state index is 13.6. The van der Waals surface area contributed by atoms with Crippen LogP contribution in [0.2, 0.25) is 0 Å². The van der Waals surface area contributed by atoms with Crippen LogP contribution in [0.1, 0.15) is 29.6 Å². The molecule has 1 unspecified atom stereocenters. The van der Waals surface area contributed by atoms with Gasteiger partial charge in [-0.2, -0.15) is 0 Å². The average Bonchev–Trinajstić information content (AvgIpc) is 3.10. The van der Waals surface area contributed by atoms with Crippen molar-refractivity contribution >= 4 is 11.6 Å². The zero-order valence-electron chi connectivity index (χ0n) is 10.7. The molecule has 0 bridgehead atoms. The highest BCUT2D eigenvalue weighted by atomic mass is 19.1. The van der Waals surface area contributed by atoms with Gasteiger partial charge in [0.05, 0.1) is 5.56 Å². The zero-order chi connectivity index (χ0) is 13.4. The van der Waals surface area contributed by atoms with E-state index >= 15 is 0 Å². The van der Waals surface area contributed by atoms with Gasteiger partial charge in [0, 0.05) is 30.9 Å². The van der Waals surface area contributed by atoms with Gasteiger partial charge in [0.2, 0.25) is 0 Å². The molecule has 5 heteroatoms. The van der Waals surface area contributed by atoms with Crippen molar-refractivity contribution in [1.29, 1.82) is 0 Å². The highest BCUT2D eigenvalue weighted by Gasteiger charge is 2.34. The number of nitrogens with two attached hydrogens (primary N) is 1. The smallest absolute Gasteiger partial charge is 0.254 e. The van der Waals surface area contributed by atoms with E-state index in [0.29, 0.717) is 5.69 Å². The van der Waals surface area contributed by atoms with Crippen LogP contribution < -0.4 is 11.1 Å². The monoisotopic (exact) mass is 263 g/mol. The van der Waals surface area contributed by atoms with Crippen molar-refractivity contribution in [3.05, 3.63) is 29.6 Å². The van der Waals surface area contributed by atoms with Crippen LogP contribution in [-0.4, -0.2) is 36.0 Å². The van der Waals surface area contributed by atoms with Crippen LogP contribution in [0.5, 0.6) is 0 Å². The number of benzene rings is 1. The summed E-state index contributed by atoms with van der Waals surface area (Å²) < 4.78 is 13.6. The number of carbonyl (C=O) groups excluding carboxylic acids is 1. The van der Waals surface area contributed by atoms with E-state index in [9.17, 15) is 9.18 Å². The molecule has 1 saturated carbocycles. The van der Waals surface area contributed by atoms with Crippen molar-refractivity contribution in [3.8, 4) is 0 Å². The van der Waals surface area contributed by atoms with Crippen molar-refractivity contribution in [3.63, 3.8) is 0 Å². The molecule has 19 heavy (non-hydrogen) atoms. The Labute approximate surface area is 111 Å². The minimum atomic E-state index is -0.561. The standard InChI is InChI=1S/C14H18FN3O/c15-13-7-9(16)1-4-12(13)14(19)17-10-5-6-18(8-10)11-2-3-11/h1,4,7,10-11H,2-3,5-6,8,16H2,(H,17,19). The van der Waals surface area contributed by atoms with Crippen LogP contribution in [0.25, 0.3) is 0 Å². The van der Waals surface area contributed by atoms with E-state index in [0.717, 1.165) is 25.6 Å². The van der Waals surface area contributed by atoms with Crippen molar-refractivity contribution in [2.45, 2.75) is 31.3 Å². The first kappa shape index (κ1) is 12.4. The predicted octanol–water partition coefficient (Wildman–Crippen LogP) is 1.37. The first-order valence-corrected chi connectivity index (χ1v) is 6.73. The number of halogens is 1. The molecule has 3 rings (SSSR count). The maximum Gasteiger partial charge on any atom is 0.254 e. The predicted molar refractivity (Wildman–Crippen MR) is 71.3 cm³/mol. The Kier molecular flexibility index (Phi) is 3.14. The molecule has 1 aromatic rings. The number of hydrogen-bond donors (Lipinski definition) is 2. The highest BCUT2D eigenvalue weighted by Crippen LogP contribution is 2.29. The van der Waals surface area contributed by atoms with Crippen molar-refractivity contribution in [2.75, 3.05) is 18.8 Å². The van der Waals surface area contributed by atoms with Gasteiger partial charge >= 0.3 is 0 Å². The van der Waals surface area contributed by atoms with Crippen molar-refractivity contribution in [2.24, 2.45) is 0 Å². The molecule has 2 aliphatic rings. The number of likely N-dealkylation sites (tertiary alicyclic amines) is 1. The summed E-state index contributed by atoms with van der Waals surface area (Å²) in [5.74, 6) is -0.908. The maximum absolute atomic E-state index is 13.6. The van der Waals surface area contributed by atoms with E-state index in [4.69, 9.17) is 5.73 Å². The van der Waals surface area contributed by atoms with Crippen molar-refractivity contribution in [1.82, 2.24) is 10.2 Å². The molecule has 1 heterocycles. The second-order valence-corrected chi connectivity index (χ2v) is 5.42. The topological polar surface area (TPSA) is 58.4 Å². The number of hydrogen-bond acceptors (Lipinski definition) is 3. The third kappa shape index (κ3) is 2.71. The molecule has 1 saturated heterocycles. The molecule has 0 spiro atoms. The fraction of sp³-hybridized carbons (Fsp3) is 0.500. The molecular formula is C14H18FN3O. The largest absolute Gasteiger partial charge is 0.399 e. The Morgan fingerprint density at radius 2 is 2.16 bits per heavy atom. The lowest BCUT2D eigenvalue weighted by Crippen LogP contribution is -2.37. The van der Waals surface area contributed by atoms with E-state index in [-0.39, 0.29) is 17.5 Å². The number of amides is 1. The molecule has 4 nitrogen and oxygen atoms in total. The summed E-state index contributed by atoms with van der Waals surface area (Å²) in [6.45, 7) is 1.91. The molecule has 1 aliphatic carbocycles. The molecule has 102 valence electrons. The lowest BCUT2D eigenvalue weighted by molar-refractivity contribution is 0.0933. The van der Waals surface area contributed by atoms with Gasteiger partial charge in [0.25, 0.3) is 5.91 Å². The molecule has 1 amide bonds. The van der Waals surface area contributed by atoms with Crippen LogP contribution in [0.15, 0.2) is 18.2 Å². The van der Waals surface area contributed by atoms with Crippen molar-refractivity contribution < 1.29 is 9.18 Å². The fourth-order valence-electron chi connectivity index (χ4n) is 2.66. The number of anilines is 1. The first-order chi connectivity index (χ1) is 9.13. The molecular weight excluding hydrogens is 245 g/mol. The molecule has 1 atom stereocenters. The van der Waals surface area contributed by atoms with E-state index in [1.807, 2.05) is 0 Å². The van der Waals surface area contributed by atoms with Gasteiger partial charge in [-0.1, -0.05) is 0 Å². The minimum absolute atomic E-state index is 0.0686. The minimum Gasteiger partial charge on any atom is -0.399 e. The molecule has 0 radical (unpaired) electrons. The lowest BCUT2D eigenvalue weighted by atomic mass is 10.1. The lowest BCUT2D eigenvalue weighted by Gasteiger charge is -2.16. The summed E-state index contributed by atoms with van der Waals surface area (Å²) in [5, 5.41) is 2.91. The summed E-state index contributed by atoms with van der Waals surface area (Å²) in [7, 11) is 0. The van der Waals surface area contributed by atoms with E-state index in [1.54, 1.807) is 6.07 Å². The second kappa shape index (κ2) is 4.81. The number of nitrogens with one attached hydrogen (secondary N) is 1. The summed E-state index contributed by atoms with van der Waals surface area (Å²) in [6, 6.07) is 5.01. The van der Waals surface area contributed by atoms with Gasteiger partial charge in [0.1, 0.15) is 5.82 Å². The third-order valence-electron chi connectivity index (χ3n) is 3.86. The van der Waals surface area contributed by atoms with E-state index in [1.165, 1.54) is 25.0 Å². The van der Waals surface area contributed by atoms with E-state index in [2.05, 4.69) is 10.2 Å².